The van der Waals surface area contributed by atoms with E-state index < -0.39 is 5.97 Å². The van der Waals surface area contributed by atoms with Crippen LogP contribution in [0.5, 0.6) is 0 Å². The lowest BCUT2D eigenvalue weighted by Gasteiger charge is -2.08. The normalized spacial score (nSPS) is 11.3. The molecule has 0 aliphatic heterocycles. The van der Waals surface area contributed by atoms with Crippen LogP contribution in [-0.2, 0) is 11.2 Å². The Labute approximate surface area is 109 Å². The molecule has 102 valence electrons. The summed E-state index contributed by atoms with van der Waals surface area (Å²) in [6, 6.07) is 11.1. The molecular formula is C14H24N2O2. The number of nitrogens with two attached hydrogens (primary N) is 1. The van der Waals surface area contributed by atoms with E-state index in [0.717, 1.165) is 6.42 Å². The number of benzene rings is 1. The maximum atomic E-state index is 9.70. The van der Waals surface area contributed by atoms with E-state index in [9.17, 15) is 4.79 Å². The summed E-state index contributed by atoms with van der Waals surface area (Å²) >= 11 is 0. The average molecular weight is 252 g/mol. The minimum Gasteiger partial charge on any atom is -0.481 e. The van der Waals surface area contributed by atoms with Gasteiger partial charge >= 0.3 is 5.97 Å². The average Bonchev–Trinajstić information content (AvgIpc) is 2.38. The predicted octanol–water partition coefficient (Wildman–Crippen LogP) is 1.65. The summed E-state index contributed by atoms with van der Waals surface area (Å²) in [6.07, 6.45) is 1.88. The summed E-state index contributed by atoms with van der Waals surface area (Å²) in [5.41, 5.74) is 6.41. The number of rotatable bonds is 6. The number of aliphatic carboxylic acids is 1. The van der Waals surface area contributed by atoms with Crippen LogP contribution in [0.3, 0.4) is 0 Å². The quantitative estimate of drug-likeness (QED) is 0.719. The van der Waals surface area contributed by atoms with Crippen molar-refractivity contribution in [1.82, 2.24) is 5.32 Å². The lowest BCUT2D eigenvalue weighted by Crippen LogP contribution is -2.23. The van der Waals surface area contributed by atoms with Gasteiger partial charge in [0.1, 0.15) is 0 Å². The van der Waals surface area contributed by atoms with Gasteiger partial charge in [-0.15, -0.1) is 0 Å². The van der Waals surface area contributed by atoms with E-state index in [1.54, 1.807) is 0 Å². The molecule has 1 aromatic rings. The Bertz CT molecular complexity index is 315. The maximum absolute atomic E-state index is 9.70. The number of hydrogen-bond donors (Lipinski definition) is 3. The zero-order chi connectivity index (χ0) is 13.8. The van der Waals surface area contributed by atoms with Crippen LogP contribution < -0.4 is 11.1 Å². The van der Waals surface area contributed by atoms with E-state index in [4.69, 9.17) is 10.8 Å². The van der Waals surface area contributed by atoms with Gasteiger partial charge < -0.3 is 16.2 Å². The van der Waals surface area contributed by atoms with Gasteiger partial charge in [-0.3, -0.25) is 4.79 Å². The van der Waals surface area contributed by atoms with E-state index in [-0.39, 0.29) is 6.42 Å². The number of carbonyl (C=O) groups is 1. The van der Waals surface area contributed by atoms with Gasteiger partial charge in [-0.05, 0) is 38.9 Å². The zero-order valence-electron chi connectivity index (χ0n) is 11.2. The Morgan fingerprint density at radius 2 is 2.00 bits per heavy atom. The molecule has 0 fully saturated rings. The summed E-state index contributed by atoms with van der Waals surface area (Å²) in [5.74, 6) is -0.773. The molecule has 1 rings (SSSR count). The lowest BCUT2D eigenvalue weighted by atomic mass is 10.1. The molecule has 0 aliphatic carbocycles. The topological polar surface area (TPSA) is 75.3 Å². The van der Waals surface area contributed by atoms with Crippen LogP contribution in [0.4, 0.5) is 0 Å². The first-order chi connectivity index (χ1) is 8.60. The summed E-state index contributed by atoms with van der Waals surface area (Å²) in [4.78, 5) is 9.70. The standard InChI is InChI=1S/C10H15N.C4H9NO2/c1-9(11-2)8-10-6-4-3-5-7-10;5-3-1-2-4(6)7/h3-7,9,11H,8H2,1-2H3;1-3,5H2,(H,6,7)/t9-;/m0./s1. The third-order valence-electron chi connectivity index (χ3n) is 2.47. The second-order valence-electron chi connectivity index (χ2n) is 4.17. The molecule has 0 saturated heterocycles. The van der Waals surface area contributed by atoms with Crippen LogP contribution >= 0.6 is 0 Å². The number of carboxylic acids is 1. The predicted molar refractivity (Wildman–Crippen MR) is 74.6 cm³/mol. The lowest BCUT2D eigenvalue weighted by molar-refractivity contribution is -0.137. The van der Waals surface area contributed by atoms with Crippen molar-refractivity contribution in [2.45, 2.75) is 32.2 Å². The fourth-order valence-corrected chi connectivity index (χ4v) is 1.32. The van der Waals surface area contributed by atoms with Crippen molar-refractivity contribution in [2.75, 3.05) is 13.6 Å². The molecule has 0 saturated carbocycles. The third-order valence-corrected chi connectivity index (χ3v) is 2.47. The summed E-state index contributed by atoms with van der Waals surface area (Å²) < 4.78 is 0. The first-order valence-corrected chi connectivity index (χ1v) is 6.23. The largest absolute Gasteiger partial charge is 0.481 e. The van der Waals surface area contributed by atoms with Gasteiger partial charge in [-0.25, -0.2) is 0 Å². The van der Waals surface area contributed by atoms with Gasteiger partial charge in [0, 0.05) is 12.5 Å². The fraction of sp³-hybridized carbons (Fsp3) is 0.500. The van der Waals surface area contributed by atoms with Gasteiger partial charge in [-0.1, -0.05) is 30.3 Å². The van der Waals surface area contributed by atoms with Crippen LogP contribution in [-0.4, -0.2) is 30.7 Å². The Morgan fingerprint density at radius 3 is 2.39 bits per heavy atom. The van der Waals surface area contributed by atoms with E-state index in [1.807, 2.05) is 13.1 Å². The van der Waals surface area contributed by atoms with Gasteiger partial charge in [0.2, 0.25) is 0 Å². The van der Waals surface area contributed by atoms with Gasteiger partial charge in [0.15, 0.2) is 0 Å². The van der Waals surface area contributed by atoms with Crippen LogP contribution in [0.2, 0.25) is 0 Å². The fourth-order valence-electron chi connectivity index (χ4n) is 1.32. The minimum atomic E-state index is -0.773. The Morgan fingerprint density at radius 1 is 1.39 bits per heavy atom. The molecule has 0 heterocycles. The monoisotopic (exact) mass is 252 g/mol. The zero-order valence-corrected chi connectivity index (χ0v) is 11.2. The second-order valence-corrected chi connectivity index (χ2v) is 4.17. The van der Waals surface area contributed by atoms with Crippen LogP contribution in [0.1, 0.15) is 25.3 Å². The Kier molecular flexibility index (Phi) is 9.91. The maximum Gasteiger partial charge on any atom is 0.303 e. The van der Waals surface area contributed by atoms with Crippen molar-refractivity contribution in [3.05, 3.63) is 35.9 Å². The molecule has 1 aromatic carbocycles. The molecular weight excluding hydrogens is 228 g/mol. The molecule has 18 heavy (non-hydrogen) atoms. The highest BCUT2D eigenvalue weighted by molar-refractivity contribution is 5.66. The Hall–Kier alpha value is -1.39. The number of nitrogens with one attached hydrogen (secondary N) is 1. The summed E-state index contributed by atoms with van der Waals surface area (Å²) in [5, 5.41) is 11.2. The highest BCUT2D eigenvalue weighted by atomic mass is 16.4. The van der Waals surface area contributed by atoms with E-state index in [1.165, 1.54) is 5.56 Å². The van der Waals surface area contributed by atoms with Crippen LogP contribution in [0.25, 0.3) is 0 Å². The molecule has 0 unspecified atom stereocenters. The van der Waals surface area contributed by atoms with Crippen molar-refractivity contribution < 1.29 is 9.90 Å². The third kappa shape index (κ3) is 9.81. The highest BCUT2D eigenvalue weighted by Crippen LogP contribution is 2.01. The molecule has 4 N–H and O–H groups in total. The van der Waals surface area contributed by atoms with Gasteiger partial charge in [0.05, 0.1) is 0 Å². The summed E-state index contributed by atoms with van der Waals surface area (Å²) in [7, 11) is 1.99. The minimum absolute atomic E-state index is 0.191. The van der Waals surface area contributed by atoms with Gasteiger partial charge in [-0.2, -0.15) is 0 Å². The molecule has 0 radical (unpaired) electrons. The highest BCUT2D eigenvalue weighted by Gasteiger charge is 1.97. The van der Waals surface area contributed by atoms with Gasteiger partial charge in [0.25, 0.3) is 0 Å². The first kappa shape index (κ1) is 16.6. The van der Waals surface area contributed by atoms with Crippen molar-refractivity contribution in [3.63, 3.8) is 0 Å². The van der Waals surface area contributed by atoms with Crippen LogP contribution in [0.15, 0.2) is 30.3 Å². The molecule has 0 aliphatic rings. The SMILES string of the molecule is CN[C@@H](C)Cc1ccccc1.NCCCC(=O)O. The van der Waals surface area contributed by atoms with E-state index in [0.29, 0.717) is 19.0 Å². The summed E-state index contributed by atoms with van der Waals surface area (Å²) in [6.45, 7) is 2.65. The molecule has 0 aromatic heterocycles. The first-order valence-electron chi connectivity index (χ1n) is 6.23. The Balaban J connectivity index is 0.000000360. The molecule has 0 bridgehead atoms. The smallest absolute Gasteiger partial charge is 0.303 e. The van der Waals surface area contributed by atoms with E-state index in [2.05, 4.69) is 36.5 Å². The molecule has 1 atom stereocenters. The van der Waals surface area contributed by atoms with Crippen molar-refractivity contribution in [1.29, 1.82) is 0 Å². The molecule has 4 nitrogen and oxygen atoms in total. The molecule has 0 spiro atoms. The van der Waals surface area contributed by atoms with Crippen molar-refractivity contribution >= 4 is 5.97 Å². The second kappa shape index (κ2) is 10.7. The van der Waals surface area contributed by atoms with Crippen LogP contribution in [0, 0.1) is 0 Å². The molecule has 4 heteroatoms. The van der Waals surface area contributed by atoms with Crippen molar-refractivity contribution in [3.8, 4) is 0 Å². The van der Waals surface area contributed by atoms with Crippen molar-refractivity contribution in [2.24, 2.45) is 5.73 Å². The number of carboxylic acid groups (broad SMARTS) is 1. The molecule has 0 amide bonds. The van der Waals surface area contributed by atoms with E-state index >= 15 is 0 Å². The number of likely N-dealkylation sites (N-methyl/N-ethyl adjacent to an activating group) is 1. The number of hydrogen-bond acceptors (Lipinski definition) is 3.